The lowest BCUT2D eigenvalue weighted by Crippen LogP contribution is -2.48. The molecular formula is C25H25F5N4O6S. The number of carbonyl (C=O) groups excluding carboxylic acids is 1. The fourth-order valence-corrected chi connectivity index (χ4v) is 6.02. The van der Waals surface area contributed by atoms with Crippen LogP contribution in [-0.2, 0) is 22.7 Å². The number of imidazole rings is 1. The first kappa shape index (κ1) is 29.0. The van der Waals surface area contributed by atoms with E-state index in [9.17, 15) is 40.3 Å². The largest absolute Gasteiger partial charge is 0.586 e. The fraction of sp³-hybridized carbons (Fsp3) is 0.440. The summed E-state index contributed by atoms with van der Waals surface area (Å²) in [6.07, 6.45) is -6.96. The SMILES string of the molecule is CS(=O)(=O)N1CCC(C(CO)NC(=O)c2ccc3c(c2)nc(C(F)(F)F)n3Cc2cccc3c2OC(F)(F)O3)CC1. The number of alkyl halides is 5. The number of ether oxygens (including phenoxy) is 2. The molecule has 0 radical (unpaired) electrons. The van der Waals surface area contributed by atoms with Gasteiger partial charge in [-0.05, 0) is 43.0 Å². The summed E-state index contributed by atoms with van der Waals surface area (Å²) in [6.45, 7) is -0.479. The zero-order valence-corrected chi connectivity index (χ0v) is 22.3. The first-order valence-electron chi connectivity index (χ1n) is 12.5. The minimum Gasteiger partial charge on any atom is -0.395 e. The molecule has 41 heavy (non-hydrogen) atoms. The van der Waals surface area contributed by atoms with Crippen molar-refractivity contribution >= 4 is 27.0 Å². The number of aromatic nitrogens is 2. The standard InChI is InChI=1S/C25H25F5N4O6S/c1-41(37,38)33-9-7-14(8-10-33)18(13-35)31-22(36)15-5-6-19-17(11-15)32-23(24(26,27)28)34(19)12-16-3-2-4-20-21(16)40-25(29,30)39-20/h2-6,11,14,18,35H,7-10,12-13H2,1H3,(H,31,36). The molecule has 222 valence electrons. The molecule has 1 amide bonds. The van der Waals surface area contributed by atoms with Crippen LogP contribution >= 0.6 is 0 Å². The summed E-state index contributed by atoms with van der Waals surface area (Å²) in [5.41, 5.74) is -0.190. The Morgan fingerprint density at radius 2 is 1.90 bits per heavy atom. The molecule has 0 saturated carbocycles. The van der Waals surface area contributed by atoms with Crippen LogP contribution in [0.4, 0.5) is 22.0 Å². The Morgan fingerprint density at radius 1 is 1.20 bits per heavy atom. The lowest BCUT2D eigenvalue weighted by Gasteiger charge is -2.34. The van der Waals surface area contributed by atoms with Crippen LogP contribution in [0.3, 0.4) is 0 Å². The van der Waals surface area contributed by atoms with Crippen molar-refractivity contribution < 1.29 is 49.7 Å². The Bertz CT molecular complexity index is 1590. The van der Waals surface area contributed by atoms with Gasteiger partial charge >= 0.3 is 12.5 Å². The highest BCUT2D eigenvalue weighted by atomic mass is 32.2. The van der Waals surface area contributed by atoms with Gasteiger partial charge in [-0.1, -0.05) is 12.1 Å². The first-order valence-corrected chi connectivity index (χ1v) is 14.3. The summed E-state index contributed by atoms with van der Waals surface area (Å²) in [6, 6.07) is 6.89. The minimum atomic E-state index is -4.91. The fourth-order valence-electron chi connectivity index (χ4n) is 5.14. The summed E-state index contributed by atoms with van der Waals surface area (Å²) in [5, 5.41) is 12.6. The molecule has 16 heteroatoms. The quantitative estimate of drug-likeness (QED) is 0.397. The topological polar surface area (TPSA) is 123 Å². The van der Waals surface area contributed by atoms with E-state index in [2.05, 4.69) is 19.8 Å². The minimum absolute atomic E-state index is 0.000923. The highest BCUT2D eigenvalue weighted by molar-refractivity contribution is 7.88. The van der Waals surface area contributed by atoms with Gasteiger partial charge in [-0.2, -0.15) is 13.2 Å². The number of aliphatic hydroxyl groups is 1. The van der Waals surface area contributed by atoms with Gasteiger partial charge < -0.3 is 24.5 Å². The number of aliphatic hydroxyl groups excluding tert-OH is 1. The molecule has 10 nitrogen and oxygen atoms in total. The third kappa shape index (κ3) is 5.94. The summed E-state index contributed by atoms with van der Waals surface area (Å²) in [4.78, 5) is 16.7. The maximum absolute atomic E-state index is 14.0. The number of hydrogen-bond acceptors (Lipinski definition) is 7. The number of rotatable bonds is 7. The lowest BCUT2D eigenvalue weighted by atomic mass is 9.90. The van der Waals surface area contributed by atoms with Crippen LogP contribution in [0, 0.1) is 5.92 Å². The molecule has 3 heterocycles. The zero-order valence-electron chi connectivity index (χ0n) is 21.5. The molecule has 0 bridgehead atoms. The van der Waals surface area contributed by atoms with Crippen molar-refractivity contribution in [2.75, 3.05) is 26.0 Å². The average molecular weight is 605 g/mol. The van der Waals surface area contributed by atoms with E-state index >= 15 is 0 Å². The molecule has 1 aromatic heterocycles. The van der Waals surface area contributed by atoms with Gasteiger partial charge in [-0.15, -0.1) is 8.78 Å². The Kier molecular flexibility index (Phi) is 7.36. The Morgan fingerprint density at radius 3 is 2.54 bits per heavy atom. The first-order chi connectivity index (χ1) is 19.2. The molecule has 2 aliphatic rings. The van der Waals surface area contributed by atoms with Crippen LogP contribution in [0.2, 0.25) is 0 Å². The third-order valence-corrected chi connectivity index (χ3v) is 8.46. The predicted molar refractivity (Wildman–Crippen MR) is 134 cm³/mol. The molecule has 5 rings (SSSR count). The number of nitrogens with one attached hydrogen (secondary N) is 1. The van der Waals surface area contributed by atoms with Crippen molar-refractivity contribution in [2.24, 2.45) is 5.92 Å². The molecule has 3 aromatic rings. The van der Waals surface area contributed by atoms with Gasteiger partial charge in [0.1, 0.15) is 0 Å². The van der Waals surface area contributed by atoms with E-state index in [1.165, 1.54) is 40.7 Å². The van der Waals surface area contributed by atoms with Crippen LogP contribution in [-0.4, -0.2) is 71.6 Å². The van der Waals surface area contributed by atoms with Crippen molar-refractivity contribution in [1.29, 1.82) is 0 Å². The summed E-state index contributed by atoms with van der Waals surface area (Å²) >= 11 is 0. The maximum Gasteiger partial charge on any atom is 0.586 e. The monoisotopic (exact) mass is 604 g/mol. The lowest BCUT2D eigenvalue weighted by molar-refractivity contribution is -0.287. The zero-order chi connectivity index (χ0) is 29.7. The predicted octanol–water partition coefficient (Wildman–Crippen LogP) is 3.19. The van der Waals surface area contributed by atoms with Crippen molar-refractivity contribution in [3.63, 3.8) is 0 Å². The Balaban J connectivity index is 1.39. The number of benzene rings is 2. The maximum atomic E-state index is 14.0. The normalized spacial score (nSPS) is 18.5. The van der Waals surface area contributed by atoms with Crippen LogP contribution < -0.4 is 14.8 Å². The van der Waals surface area contributed by atoms with E-state index in [0.717, 1.165) is 10.8 Å². The van der Waals surface area contributed by atoms with E-state index in [0.29, 0.717) is 12.8 Å². The molecular weight excluding hydrogens is 579 g/mol. The number of nitrogens with zero attached hydrogens (tertiary/aromatic N) is 3. The van der Waals surface area contributed by atoms with Crippen LogP contribution in [0.25, 0.3) is 11.0 Å². The van der Waals surface area contributed by atoms with Gasteiger partial charge in [0.2, 0.25) is 15.8 Å². The van der Waals surface area contributed by atoms with Crippen LogP contribution in [0.1, 0.15) is 34.6 Å². The van der Waals surface area contributed by atoms with Crippen molar-refractivity contribution in [3.8, 4) is 11.5 Å². The van der Waals surface area contributed by atoms with Crippen molar-refractivity contribution in [1.82, 2.24) is 19.2 Å². The number of piperidine rings is 1. The van der Waals surface area contributed by atoms with Gasteiger partial charge in [0, 0.05) is 24.2 Å². The molecule has 1 atom stereocenters. The Labute approximate surface area is 230 Å². The van der Waals surface area contributed by atoms with E-state index in [1.54, 1.807) is 0 Å². The summed E-state index contributed by atoms with van der Waals surface area (Å²) in [7, 11) is -3.36. The highest BCUT2D eigenvalue weighted by Crippen LogP contribution is 2.44. The number of fused-ring (bicyclic) bond motifs is 2. The average Bonchev–Trinajstić information content (AvgIpc) is 3.43. The molecule has 1 saturated heterocycles. The summed E-state index contributed by atoms with van der Waals surface area (Å²) in [5.74, 6) is -2.88. The second-order valence-corrected chi connectivity index (χ2v) is 11.9. The number of sulfonamides is 1. The third-order valence-electron chi connectivity index (χ3n) is 7.15. The van der Waals surface area contributed by atoms with Crippen molar-refractivity contribution in [3.05, 3.63) is 53.3 Å². The number of para-hydroxylation sites is 1. The molecule has 2 aliphatic heterocycles. The molecule has 1 unspecified atom stereocenters. The smallest absolute Gasteiger partial charge is 0.395 e. The van der Waals surface area contributed by atoms with E-state index in [-0.39, 0.29) is 52.7 Å². The summed E-state index contributed by atoms with van der Waals surface area (Å²) < 4.78 is 104. The molecule has 0 aliphatic carbocycles. The second-order valence-electron chi connectivity index (χ2n) is 9.90. The van der Waals surface area contributed by atoms with E-state index < -0.39 is 53.4 Å². The second kappa shape index (κ2) is 10.4. The van der Waals surface area contributed by atoms with E-state index in [4.69, 9.17) is 0 Å². The van der Waals surface area contributed by atoms with Gasteiger partial charge in [-0.3, -0.25) is 4.79 Å². The number of carbonyl (C=O) groups is 1. The van der Waals surface area contributed by atoms with Crippen LogP contribution in [0.15, 0.2) is 36.4 Å². The van der Waals surface area contributed by atoms with E-state index in [1.807, 2.05) is 0 Å². The molecule has 0 spiro atoms. The van der Waals surface area contributed by atoms with Gasteiger partial charge in [0.15, 0.2) is 11.5 Å². The van der Waals surface area contributed by atoms with Gasteiger partial charge in [0.25, 0.3) is 5.91 Å². The Hall–Kier alpha value is -3.50. The van der Waals surface area contributed by atoms with Gasteiger partial charge in [-0.25, -0.2) is 17.7 Å². The number of amides is 1. The van der Waals surface area contributed by atoms with Crippen LogP contribution in [0.5, 0.6) is 11.5 Å². The molecule has 1 fully saturated rings. The number of halogens is 5. The van der Waals surface area contributed by atoms with Crippen molar-refractivity contribution in [2.45, 2.75) is 37.9 Å². The highest BCUT2D eigenvalue weighted by Gasteiger charge is 2.45. The number of hydrogen-bond donors (Lipinski definition) is 2. The molecule has 2 N–H and O–H groups in total. The molecule has 2 aromatic carbocycles. The van der Waals surface area contributed by atoms with Gasteiger partial charge in [0.05, 0.1) is 36.5 Å².